The van der Waals surface area contributed by atoms with Crippen molar-refractivity contribution in [2.45, 2.75) is 32.4 Å². The first kappa shape index (κ1) is 24.4. The average molecular weight is 504 g/mol. The van der Waals surface area contributed by atoms with E-state index in [0.29, 0.717) is 23.9 Å². The van der Waals surface area contributed by atoms with Crippen molar-refractivity contribution in [3.8, 4) is 0 Å². The van der Waals surface area contributed by atoms with Gasteiger partial charge in [0.05, 0.1) is 18.4 Å². The van der Waals surface area contributed by atoms with Crippen LogP contribution in [0.25, 0.3) is 0 Å². The topological polar surface area (TPSA) is 90.8 Å². The molecule has 0 amide bonds. The molecule has 0 aliphatic heterocycles. The standard InChI is InChI=1S/C16H26ClN3O3S.HI/c1-4-18-16(20-12(2)9-10-24(3,22)23)19-11-15(21)13-5-7-14(17)8-6-13;/h5-8,12,15,21H,4,9-11H2,1-3H3,(H2,18,19,20);1H. The van der Waals surface area contributed by atoms with Crippen LogP contribution >= 0.6 is 35.6 Å². The van der Waals surface area contributed by atoms with Crippen LogP contribution in [0.3, 0.4) is 0 Å². The lowest BCUT2D eigenvalue weighted by molar-refractivity contribution is 0.187. The minimum Gasteiger partial charge on any atom is -0.386 e. The lowest BCUT2D eigenvalue weighted by Gasteiger charge is -2.18. The van der Waals surface area contributed by atoms with Crippen molar-refractivity contribution in [1.29, 1.82) is 0 Å². The van der Waals surface area contributed by atoms with Crippen molar-refractivity contribution in [1.82, 2.24) is 10.6 Å². The average Bonchev–Trinajstić information content (AvgIpc) is 2.50. The van der Waals surface area contributed by atoms with Crippen LogP contribution in [-0.2, 0) is 9.84 Å². The van der Waals surface area contributed by atoms with E-state index in [1.54, 1.807) is 24.3 Å². The predicted octanol–water partition coefficient (Wildman–Crippen LogP) is 2.37. The van der Waals surface area contributed by atoms with Gasteiger partial charge in [0.2, 0.25) is 0 Å². The highest BCUT2D eigenvalue weighted by molar-refractivity contribution is 14.0. The molecule has 2 atom stereocenters. The summed E-state index contributed by atoms with van der Waals surface area (Å²) >= 11 is 5.83. The van der Waals surface area contributed by atoms with Gasteiger partial charge in [0.1, 0.15) is 9.84 Å². The summed E-state index contributed by atoms with van der Waals surface area (Å²) in [7, 11) is -2.98. The molecule has 1 aromatic carbocycles. The summed E-state index contributed by atoms with van der Waals surface area (Å²) in [5.41, 5.74) is 0.740. The second kappa shape index (κ2) is 11.9. The zero-order valence-electron chi connectivity index (χ0n) is 14.7. The number of aliphatic imine (C=N–C) groups is 1. The highest BCUT2D eigenvalue weighted by atomic mass is 127. The van der Waals surface area contributed by atoms with Crippen LogP contribution in [0.4, 0.5) is 0 Å². The number of benzene rings is 1. The Hall–Kier alpha value is -0.580. The van der Waals surface area contributed by atoms with E-state index in [-0.39, 0.29) is 42.3 Å². The van der Waals surface area contributed by atoms with Gasteiger partial charge in [0, 0.05) is 23.9 Å². The zero-order valence-corrected chi connectivity index (χ0v) is 18.6. The molecule has 1 aromatic rings. The van der Waals surface area contributed by atoms with Gasteiger partial charge in [-0.25, -0.2) is 8.42 Å². The molecule has 0 spiro atoms. The Morgan fingerprint density at radius 3 is 2.44 bits per heavy atom. The fourth-order valence-electron chi connectivity index (χ4n) is 1.98. The maximum absolute atomic E-state index is 11.2. The van der Waals surface area contributed by atoms with Crippen LogP contribution in [-0.4, -0.2) is 50.6 Å². The van der Waals surface area contributed by atoms with Gasteiger partial charge in [-0.2, -0.15) is 0 Å². The Morgan fingerprint density at radius 2 is 1.92 bits per heavy atom. The van der Waals surface area contributed by atoms with Crippen LogP contribution in [0.2, 0.25) is 5.02 Å². The molecule has 0 bridgehead atoms. The molecular weight excluding hydrogens is 477 g/mol. The van der Waals surface area contributed by atoms with E-state index in [0.717, 1.165) is 5.56 Å². The van der Waals surface area contributed by atoms with Crippen molar-refractivity contribution in [3.05, 3.63) is 34.9 Å². The van der Waals surface area contributed by atoms with E-state index in [9.17, 15) is 13.5 Å². The van der Waals surface area contributed by atoms with Crippen molar-refractivity contribution in [3.63, 3.8) is 0 Å². The fourth-order valence-corrected chi connectivity index (χ4v) is 2.89. The van der Waals surface area contributed by atoms with Crippen LogP contribution in [0, 0.1) is 0 Å². The zero-order chi connectivity index (χ0) is 18.2. The van der Waals surface area contributed by atoms with Gasteiger partial charge < -0.3 is 15.7 Å². The van der Waals surface area contributed by atoms with E-state index in [1.807, 2.05) is 13.8 Å². The summed E-state index contributed by atoms with van der Waals surface area (Å²) in [4.78, 5) is 4.36. The molecule has 0 aromatic heterocycles. The van der Waals surface area contributed by atoms with Gasteiger partial charge in [0.25, 0.3) is 0 Å². The number of hydrogen-bond donors (Lipinski definition) is 3. The normalized spacial score (nSPS) is 14.4. The largest absolute Gasteiger partial charge is 0.386 e. The predicted molar refractivity (Wildman–Crippen MR) is 115 cm³/mol. The number of guanidine groups is 1. The molecule has 3 N–H and O–H groups in total. The van der Waals surface area contributed by atoms with Crippen molar-refractivity contribution in [2.24, 2.45) is 4.99 Å². The van der Waals surface area contributed by atoms with Gasteiger partial charge in [-0.15, -0.1) is 24.0 Å². The van der Waals surface area contributed by atoms with Gasteiger partial charge in [0.15, 0.2) is 5.96 Å². The van der Waals surface area contributed by atoms with Gasteiger partial charge in [-0.1, -0.05) is 23.7 Å². The van der Waals surface area contributed by atoms with E-state index >= 15 is 0 Å². The van der Waals surface area contributed by atoms with Gasteiger partial charge in [-0.05, 0) is 38.0 Å². The maximum atomic E-state index is 11.2. The third-order valence-corrected chi connectivity index (χ3v) is 4.56. The number of aliphatic hydroxyl groups excluding tert-OH is 1. The molecule has 9 heteroatoms. The summed E-state index contributed by atoms with van der Waals surface area (Å²) in [5, 5.41) is 17.0. The highest BCUT2D eigenvalue weighted by Crippen LogP contribution is 2.16. The molecule has 0 fully saturated rings. The summed E-state index contributed by atoms with van der Waals surface area (Å²) in [5.74, 6) is 0.667. The smallest absolute Gasteiger partial charge is 0.191 e. The highest BCUT2D eigenvalue weighted by Gasteiger charge is 2.11. The Labute approximate surface area is 172 Å². The molecule has 0 saturated heterocycles. The first-order valence-electron chi connectivity index (χ1n) is 7.87. The third-order valence-electron chi connectivity index (χ3n) is 3.33. The molecule has 0 saturated carbocycles. The lowest BCUT2D eigenvalue weighted by atomic mass is 10.1. The van der Waals surface area contributed by atoms with E-state index in [1.165, 1.54) is 6.26 Å². The van der Waals surface area contributed by atoms with Crippen LogP contribution in [0.1, 0.15) is 31.9 Å². The number of halogens is 2. The van der Waals surface area contributed by atoms with Crippen LogP contribution in [0.5, 0.6) is 0 Å². The van der Waals surface area contributed by atoms with Gasteiger partial charge >= 0.3 is 0 Å². The molecule has 0 aliphatic carbocycles. The first-order valence-corrected chi connectivity index (χ1v) is 10.3. The third kappa shape index (κ3) is 10.9. The minimum atomic E-state index is -2.98. The van der Waals surface area contributed by atoms with Crippen LogP contribution in [0.15, 0.2) is 29.3 Å². The molecule has 144 valence electrons. The van der Waals surface area contributed by atoms with Crippen LogP contribution < -0.4 is 10.6 Å². The summed E-state index contributed by atoms with van der Waals surface area (Å²) < 4.78 is 22.5. The molecule has 2 unspecified atom stereocenters. The Kier molecular flexibility index (Phi) is 11.6. The number of rotatable bonds is 8. The molecule has 0 heterocycles. The number of sulfone groups is 1. The number of nitrogens with one attached hydrogen (secondary N) is 2. The van der Waals surface area contributed by atoms with Gasteiger partial charge in [-0.3, -0.25) is 4.99 Å². The monoisotopic (exact) mass is 503 g/mol. The molecule has 6 nitrogen and oxygen atoms in total. The van der Waals surface area contributed by atoms with E-state index in [4.69, 9.17) is 11.6 Å². The first-order chi connectivity index (χ1) is 11.2. The second-order valence-electron chi connectivity index (χ2n) is 5.75. The van der Waals surface area contributed by atoms with Crippen molar-refractivity contribution < 1.29 is 13.5 Å². The Morgan fingerprint density at radius 1 is 1.32 bits per heavy atom. The van der Waals surface area contributed by atoms with E-state index < -0.39 is 15.9 Å². The molecular formula is C16H27ClIN3O3S. The van der Waals surface area contributed by atoms with Crippen molar-refractivity contribution >= 4 is 51.4 Å². The number of aliphatic hydroxyl groups is 1. The lowest BCUT2D eigenvalue weighted by Crippen LogP contribution is -2.43. The molecule has 1 rings (SSSR count). The SMILES string of the molecule is CCNC(=NCC(O)c1ccc(Cl)cc1)NC(C)CCS(C)(=O)=O.I. The minimum absolute atomic E-state index is 0. The Bertz CT molecular complexity index is 639. The summed E-state index contributed by atoms with van der Waals surface area (Å²) in [6.07, 6.45) is 0.980. The fraction of sp³-hybridized carbons (Fsp3) is 0.562. The second-order valence-corrected chi connectivity index (χ2v) is 8.45. The molecule has 0 aliphatic rings. The Balaban J connectivity index is 0.00000576. The number of hydrogen-bond acceptors (Lipinski definition) is 4. The maximum Gasteiger partial charge on any atom is 0.191 e. The van der Waals surface area contributed by atoms with E-state index in [2.05, 4.69) is 15.6 Å². The molecule has 0 radical (unpaired) electrons. The number of nitrogens with zero attached hydrogens (tertiary/aromatic N) is 1. The van der Waals surface area contributed by atoms with Crippen molar-refractivity contribution in [2.75, 3.05) is 25.1 Å². The summed E-state index contributed by atoms with van der Waals surface area (Å²) in [6.45, 7) is 4.69. The quantitative estimate of drug-likeness (QED) is 0.288. The molecule has 25 heavy (non-hydrogen) atoms. The summed E-state index contributed by atoms with van der Waals surface area (Å²) in [6, 6.07) is 6.92.